The lowest BCUT2D eigenvalue weighted by molar-refractivity contribution is -0.115. The molecule has 1 aromatic carbocycles. The van der Waals surface area contributed by atoms with Gasteiger partial charge in [-0.05, 0) is 31.2 Å². The number of esters is 1. The molecule has 22 heavy (non-hydrogen) atoms. The van der Waals surface area contributed by atoms with Crippen LogP contribution in [0.1, 0.15) is 23.0 Å². The minimum atomic E-state index is -0.457. The summed E-state index contributed by atoms with van der Waals surface area (Å²) in [5.74, 6) is 0.0463. The fourth-order valence-electron chi connectivity index (χ4n) is 1.89. The maximum Gasteiger partial charge on any atom is 0.340 e. The van der Waals surface area contributed by atoms with Gasteiger partial charge in [-0.2, -0.15) is 0 Å². The minimum absolute atomic E-state index is 0.109. The molecule has 2 aromatic rings. The molecular formula is C16H18N2O4. The van der Waals surface area contributed by atoms with E-state index >= 15 is 0 Å². The third-order valence-electron chi connectivity index (χ3n) is 2.86. The summed E-state index contributed by atoms with van der Waals surface area (Å²) in [7, 11) is 0. The van der Waals surface area contributed by atoms with Gasteiger partial charge in [-0.25, -0.2) is 4.79 Å². The van der Waals surface area contributed by atoms with Crippen LogP contribution in [0, 0.1) is 0 Å². The van der Waals surface area contributed by atoms with Gasteiger partial charge in [0.25, 0.3) is 0 Å². The number of furan rings is 1. The van der Waals surface area contributed by atoms with Gasteiger partial charge >= 0.3 is 5.97 Å². The topological polar surface area (TPSA) is 80.6 Å². The summed E-state index contributed by atoms with van der Waals surface area (Å²) in [6.45, 7) is 2.58. The SMILES string of the molecule is CCOC(=O)c1ccccc1NC(=O)CNCc1ccco1. The van der Waals surface area contributed by atoms with Gasteiger partial charge < -0.3 is 19.8 Å². The molecule has 0 saturated carbocycles. The van der Waals surface area contributed by atoms with Crippen molar-refractivity contribution < 1.29 is 18.7 Å². The Morgan fingerprint density at radius 2 is 2.00 bits per heavy atom. The fourth-order valence-corrected chi connectivity index (χ4v) is 1.89. The van der Waals surface area contributed by atoms with Crippen LogP contribution in [-0.2, 0) is 16.1 Å². The Hall–Kier alpha value is -2.60. The quantitative estimate of drug-likeness (QED) is 0.766. The normalized spacial score (nSPS) is 10.2. The number of hydrogen-bond acceptors (Lipinski definition) is 5. The van der Waals surface area contributed by atoms with Crippen molar-refractivity contribution in [3.63, 3.8) is 0 Å². The van der Waals surface area contributed by atoms with Crippen LogP contribution in [-0.4, -0.2) is 25.0 Å². The Bertz CT molecular complexity index is 623. The Morgan fingerprint density at radius 3 is 2.73 bits per heavy atom. The van der Waals surface area contributed by atoms with Gasteiger partial charge in [0.1, 0.15) is 5.76 Å². The Balaban J connectivity index is 1.89. The minimum Gasteiger partial charge on any atom is -0.468 e. The summed E-state index contributed by atoms with van der Waals surface area (Å²) in [5.41, 5.74) is 0.773. The summed E-state index contributed by atoms with van der Waals surface area (Å²) in [5, 5.41) is 5.66. The Labute approximate surface area is 128 Å². The molecule has 1 aromatic heterocycles. The first-order valence-corrected chi connectivity index (χ1v) is 6.99. The van der Waals surface area contributed by atoms with Crippen LogP contribution in [0.2, 0.25) is 0 Å². The number of carbonyl (C=O) groups excluding carboxylic acids is 2. The first kappa shape index (κ1) is 15.8. The number of para-hydroxylation sites is 1. The average molecular weight is 302 g/mol. The Morgan fingerprint density at radius 1 is 1.18 bits per heavy atom. The highest BCUT2D eigenvalue weighted by molar-refractivity contribution is 6.01. The summed E-state index contributed by atoms with van der Waals surface area (Å²) in [6, 6.07) is 10.3. The zero-order valence-electron chi connectivity index (χ0n) is 12.3. The molecule has 1 amide bonds. The van der Waals surface area contributed by atoms with Crippen LogP contribution >= 0.6 is 0 Å². The van der Waals surface area contributed by atoms with E-state index in [0.29, 0.717) is 17.8 Å². The second kappa shape index (κ2) is 7.99. The van der Waals surface area contributed by atoms with Crippen LogP contribution in [0.3, 0.4) is 0 Å². The maximum absolute atomic E-state index is 11.9. The van der Waals surface area contributed by atoms with E-state index in [9.17, 15) is 9.59 Å². The molecule has 6 nitrogen and oxygen atoms in total. The molecule has 0 spiro atoms. The van der Waals surface area contributed by atoms with Crippen LogP contribution < -0.4 is 10.6 Å². The summed E-state index contributed by atoms with van der Waals surface area (Å²) < 4.78 is 10.1. The molecule has 0 aliphatic carbocycles. The van der Waals surface area contributed by atoms with E-state index in [1.165, 1.54) is 0 Å². The lowest BCUT2D eigenvalue weighted by atomic mass is 10.2. The average Bonchev–Trinajstić information content (AvgIpc) is 3.01. The van der Waals surface area contributed by atoms with Gasteiger partial charge in [-0.3, -0.25) is 4.79 Å². The van der Waals surface area contributed by atoms with Crippen molar-refractivity contribution in [1.29, 1.82) is 0 Å². The van der Waals surface area contributed by atoms with Crippen molar-refractivity contribution >= 4 is 17.6 Å². The van der Waals surface area contributed by atoms with Crippen molar-refractivity contribution in [2.75, 3.05) is 18.5 Å². The van der Waals surface area contributed by atoms with Crippen LogP contribution in [0.4, 0.5) is 5.69 Å². The van der Waals surface area contributed by atoms with Gasteiger partial charge in [-0.15, -0.1) is 0 Å². The highest BCUT2D eigenvalue weighted by atomic mass is 16.5. The predicted octanol–water partition coefficient (Wildman–Crippen LogP) is 2.18. The number of anilines is 1. The number of nitrogens with one attached hydrogen (secondary N) is 2. The smallest absolute Gasteiger partial charge is 0.340 e. The lowest BCUT2D eigenvalue weighted by Crippen LogP contribution is -2.28. The monoisotopic (exact) mass is 302 g/mol. The second-order valence-electron chi connectivity index (χ2n) is 4.50. The molecule has 2 rings (SSSR count). The van der Waals surface area contributed by atoms with Gasteiger partial charge in [-0.1, -0.05) is 12.1 Å². The van der Waals surface area contributed by atoms with Crippen molar-refractivity contribution in [3.05, 3.63) is 54.0 Å². The number of benzene rings is 1. The van der Waals surface area contributed by atoms with Gasteiger partial charge in [0.05, 0.1) is 37.2 Å². The number of rotatable bonds is 7. The van der Waals surface area contributed by atoms with Crippen molar-refractivity contribution in [2.24, 2.45) is 0 Å². The largest absolute Gasteiger partial charge is 0.468 e. The number of hydrogen-bond donors (Lipinski definition) is 2. The molecule has 0 aliphatic rings. The first-order valence-electron chi connectivity index (χ1n) is 6.99. The summed E-state index contributed by atoms with van der Waals surface area (Å²) in [4.78, 5) is 23.7. The molecule has 2 N–H and O–H groups in total. The van der Waals surface area contributed by atoms with E-state index in [-0.39, 0.29) is 19.1 Å². The molecule has 0 aliphatic heterocycles. The van der Waals surface area contributed by atoms with Crippen molar-refractivity contribution in [2.45, 2.75) is 13.5 Å². The Kier molecular flexibility index (Phi) is 5.73. The molecule has 1 heterocycles. The zero-order chi connectivity index (χ0) is 15.8. The molecule has 0 saturated heterocycles. The van der Waals surface area contributed by atoms with Crippen LogP contribution in [0.5, 0.6) is 0 Å². The van der Waals surface area contributed by atoms with E-state index in [0.717, 1.165) is 5.76 Å². The molecule has 0 radical (unpaired) electrons. The number of carbonyl (C=O) groups is 2. The van der Waals surface area contributed by atoms with Crippen LogP contribution in [0.25, 0.3) is 0 Å². The van der Waals surface area contributed by atoms with Gasteiger partial charge in [0.15, 0.2) is 0 Å². The van der Waals surface area contributed by atoms with E-state index in [2.05, 4.69) is 10.6 Å². The molecule has 116 valence electrons. The summed E-state index contributed by atoms with van der Waals surface area (Å²) in [6.07, 6.45) is 1.58. The standard InChI is InChI=1S/C16H18N2O4/c1-2-21-16(20)13-7-3-4-8-14(13)18-15(19)11-17-10-12-6-5-9-22-12/h3-9,17H,2,10-11H2,1H3,(H,18,19). The van der Waals surface area contributed by atoms with Gasteiger partial charge in [0.2, 0.25) is 5.91 Å². The molecule has 0 fully saturated rings. The van der Waals surface area contributed by atoms with Crippen LogP contribution in [0.15, 0.2) is 47.1 Å². The van der Waals surface area contributed by atoms with Gasteiger partial charge in [0, 0.05) is 0 Å². The number of ether oxygens (including phenoxy) is 1. The van der Waals surface area contributed by atoms with Crippen molar-refractivity contribution in [3.8, 4) is 0 Å². The molecule has 0 unspecified atom stereocenters. The molecule has 6 heteroatoms. The van der Waals surface area contributed by atoms with E-state index in [4.69, 9.17) is 9.15 Å². The van der Waals surface area contributed by atoms with Crippen molar-refractivity contribution in [1.82, 2.24) is 5.32 Å². The van der Waals surface area contributed by atoms with E-state index < -0.39 is 5.97 Å². The summed E-state index contributed by atoms with van der Waals surface area (Å²) >= 11 is 0. The van der Waals surface area contributed by atoms with E-state index in [1.807, 2.05) is 6.07 Å². The molecule has 0 atom stereocenters. The maximum atomic E-state index is 11.9. The highest BCUT2D eigenvalue weighted by Crippen LogP contribution is 2.16. The number of amides is 1. The molecule has 0 bridgehead atoms. The molecular weight excluding hydrogens is 284 g/mol. The fraction of sp³-hybridized carbons (Fsp3) is 0.250. The van der Waals surface area contributed by atoms with E-state index in [1.54, 1.807) is 43.5 Å². The first-order chi connectivity index (χ1) is 10.7. The third kappa shape index (κ3) is 4.46. The third-order valence-corrected chi connectivity index (χ3v) is 2.86. The zero-order valence-corrected chi connectivity index (χ0v) is 12.3. The predicted molar refractivity (Wildman–Crippen MR) is 81.4 cm³/mol. The lowest BCUT2D eigenvalue weighted by Gasteiger charge is -2.10. The second-order valence-corrected chi connectivity index (χ2v) is 4.50. The highest BCUT2D eigenvalue weighted by Gasteiger charge is 2.13.